The Morgan fingerprint density at radius 2 is 2.21 bits per heavy atom. The van der Waals surface area contributed by atoms with Crippen LogP contribution in [0, 0.1) is 6.92 Å². The Morgan fingerprint density at radius 1 is 1.43 bits per heavy atom. The van der Waals surface area contributed by atoms with Crippen LogP contribution in [0.4, 0.5) is 0 Å². The highest BCUT2D eigenvalue weighted by molar-refractivity contribution is 9.10. The van der Waals surface area contributed by atoms with Crippen molar-refractivity contribution >= 4 is 37.4 Å². The van der Waals surface area contributed by atoms with E-state index in [-0.39, 0.29) is 0 Å². The molecule has 0 unspecified atom stereocenters. The van der Waals surface area contributed by atoms with Crippen molar-refractivity contribution in [2.24, 2.45) is 0 Å². The van der Waals surface area contributed by atoms with Gasteiger partial charge in [0.25, 0.3) is 0 Å². The Labute approximate surface area is 95.8 Å². The molecule has 0 radical (unpaired) electrons. The van der Waals surface area contributed by atoms with Gasteiger partial charge in [-0.3, -0.25) is 0 Å². The lowest BCUT2D eigenvalue weighted by Crippen LogP contribution is -1.91. The molecule has 14 heavy (non-hydrogen) atoms. The monoisotopic (exact) mass is 270 g/mol. The van der Waals surface area contributed by atoms with Crippen LogP contribution in [0.1, 0.15) is 12.5 Å². The van der Waals surface area contributed by atoms with Crippen LogP contribution < -0.4 is 4.74 Å². The standard InChI is InChI=1S/C11H11BrOS/c1-3-13-8-4-7(2)11-9(5-8)10(12)6-14-11/h4-6H,3H2,1-2H3. The van der Waals surface area contributed by atoms with Crippen molar-refractivity contribution in [3.05, 3.63) is 27.5 Å². The molecule has 1 aromatic heterocycles. The Balaban J connectivity index is 2.63. The van der Waals surface area contributed by atoms with Gasteiger partial charge in [0.05, 0.1) is 6.61 Å². The number of hydrogen-bond acceptors (Lipinski definition) is 2. The van der Waals surface area contributed by atoms with Crippen LogP contribution in [0.15, 0.2) is 22.0 Å². The van der Waals surface area contributed by atoms with Crippen LogP contribution in [0.5, 0.6) is 5.75 Å². The van der Waals surface area contributed by atoms with E-state index in [1.807, 2.05) is 6.92 Å². The third-order valence-corrected chi connectivity index (χ3v) is 4.19. The summed E-state index contributed by atoms with van der Waals surface area (Å²) in [6.45, 7) is 4.84. The van der Waals surface area contributed by atoms with Crippen LogP contribution in [0.25, 0.3) is 10.1 Å². The molecule has 0 atom stereocenters. The van der Waals surface area contributed by atoms with Gasteiger partial charge < -0.3 is 4.74 Å². The SMILES string of the molecule is CCOc1cc(C)c2scc(Br)c2c1. The molecule has 0 aliphatic heterocycles. The van der Waals surface area contributed by atoms with Crippen LogP contribution in [-0.2, 0) is 0 Å². The average molecular weight is 271 g/mol. The van der Waals surface area contributed by atoms with Gasteiger partial charge in [0.1, 0.15) is 5.75 Å². The van der Waals surface area contributed by atoms with E-state index in [1.54, 1.807) is 11.3 Å². The van der Waals surface area contributed by atoms with Crippen molar-refractivity contribution in [2.75, 3.05) is 6.61 Å². The fourth-order valence-corrected chi connectivity index (χ4v) is 3.11. The lowest BCUT2D eigenvalue weighted by Gasteiger charge is -2.05. The van der Waals surface area contributed by atoms with Gasteiger partial charge in [0, 0.05) is 19.9 Å². The zero-order valence-electron chi connectivity index (χ0n) is 8.13. The van der Waals surface area contributed by atoms with Crippen LogP contribution in [-0.4, -0.2) is 6.61 Å². The highest BCUT2D eigenvalue weighted by atomic mass is 79.9. The second kappa shape index (κ2) is 3.91. The van der Waals surface area contributed by atoms with E-state index >= 15 is 0 Å². The zero-order chi connectivity index (χ0) is 10.1. The van der Waals surface area contributed by atoms with Gasteiger partial charge >= 0.3 is 0 Å². The van der Waals surface area contributed by atoms with Crippen molar-refractivity contribution in [3.8, 4) is 5.75 Å². The first-order valence-electron chi connectivity index (χ1n) is 4.52. The normalized spacial score (nSPS) is 10.8. The maximum atomic E-state index is 5.50. The first-order chi connectivity index (χ1) is 6.72. The number of hydrogen-bond donors (Lipinski definition) is 0. The van der Waals surface area contributed by atoms with Crippen LogP contribution in [0.3, 0.4) is 0 Å². The summed E-state index contributed by atoms with van der Waals surface area (Å²) in [5, 5.41) is 3.37. The molecule has 0 aliphatic carbocycles. The lowest BCUT2D eigenvalue weighted by atomic mass is 10.2. The Morgan fingerprint density at radius 3 is 2.93 bits per heavy atom. The summed E-state index contributed by atoms with van der Waals surface area (Å²) in [4.78, 5) is 0. The first-order valence-corrected chi connectivity index (χ1v) is 6.19. The van der Waals surface area contributed by atoms with Gasteiger partial charge in [-0.1, -0.05) is 0 Å². The molecular weight excluding hydrogens is 260 g/mol. The maximum absolute atomic E-state index is 5.50. The van der Waals surface area contributed by atoms with Crippen molar-refractivity contribution in [1.82, 2.24) is 0 Å². The zero-order valence-corrected chi connectivity index (χ0v) is 10.5. The molecule has 2 aromatic rings. The largest absolute Gasteiger partial charge is 0.494 e. The minimum absolute atomic E-state index is 0.715. The number of thiophene rings is 1. The van der Waals surface area contributed by atoms with E-state index in [4.69, 9.17) is 4.74 Å². The summed E-state index contributed by atoms with van der Waals surface area (Å²) in [5.74, 6) is 0.955. The first kappa shape index (κ1) is 9.99. The minimum atomic E-state index is 0.715. The predicted octanol–water partition coefficient (Wildman–Crippen LogP) is 4.37. The summed E-state index contributed by atoms with van der Waals surface area (Å²) >= 11 is 5.31. The molecule has 2 rings (SSSR count). The average Bonchev–Trinajstić information content (AvgIpc) is 2.49. The summed E-state index contributed by atoms with van der Waals surface area (Å²) in [6, 6.07) is 4.18. The van der Waals surface area contributed by atoms with Crippen LogP contribution >= 0.6 is 27.3 Å². The van der Waals surface area contributed by atoms with E-state index < -0.39 is 0 Å². The van der Waals surface area contributed by atoms with Crippen molar-refractivity contribution in [1.29, 1.82) is 0 Å². The molecular formula is C11H11BrOS. The van der Waals surface area contributed by atoms with E-state index in [0.29, 0.717) is 6.61 Å². The van der Waals surface area contributed by atoms with Crippen LogP contribution in [0.2, 0.25) is 0 Å². The Bertz CT molecular complexity index is 462. The third-order valence-electron chi connectivity index (χ3n) is 2.10. The maximum Gasteiger partial charge on any atom is 0.120 e. The quantitative estimate of drug-likeness (QED) is 0.788. The molecule has 1 aromatic carbocycles. The molecule has 3 heteroatoms. The molecule has 0 amide bonds. The molecule has 0 fully saturated rings. The van der Waals surface area contributed by atoms with Gasteiger partial charge in [-0.2, -0.15) is 0 Å². The molecule has 0 saturated carbocycles. The highest BCUT2D eigenvalue weighted by Crippen LogP contribution is 2.35. The van der Waals surface area contributed by atoms with Gasteiger partial charge in [-0.25, -0.2) is 0 Å². The van der Waals surface area contributed by atoms with E-state index in [2.05, 4.69) is 40.4 Å². The minimum Gasteiger partial charge on any atom is -0.494 e. The van der Waals surface area contributed by atoms with E-state index in [9.17, 15) is 0 Å². The number of ether oxygens (including phenoxy) is 1. The number of rotatable bonds is 2. The summed E-state index contributed by atoms with van der Waals surface area (Å²) in [6.07, 6.45) is 0. The van der Waals surface area contributed by atoms with Crippen molar-refractivity contribution in [2.45, 2.75) is 13.8 Å². The molecule has 0 aliphatic rings. The van der Waals surface area contributed by atoms with Crippen molar-refractivity contribution in [3.63, 3.8) is 0 Å². The molecule has 74 valence electrons. The van der Waals surface area contributed by atoms with E-state index in [0.717, 1.165) is 10.2 Å². The molecule has 1 nitrogen and oxygen atoms in total. The summed E-state index contributed by atoms with van der Waals surface area (Å²) in [7, 11) is 0. The molecule has 0 bridgehead atoms. The summed E-state index contributed by atoms with van der Waals surface area (Å²) < 4.78 is 7.99. The number of fused-ring (bicyclic) bond motifs is 1. The number of benzene rings is 1. The Kier molecular flexibility index (Phi) is 2.79. The summed E-state index contributed by atoms with van der Waals surface area (Å²) in [5.41, 5.74) is 1.28. The second-order valence-corrected chi connectivity index (χ2v) is 4.87. The molecule has 1 heterocycles. The molecule has 0 spiro atoms. The predicted molar refractivity (Wildman–Crippen MR) is 65.4 cm³/mol. The fourth-order valence-electron chi connectivity index (χ4n) is 1.50. The van der Waals surface area contributed by atoms with Gasteiger partial charge in [-0.05, 0) is 47.5 Å². The van der Waals surface area contributed by atoms with Gasteiger partial charge in [0.15, 0.2) is 0 Å². The topological polar surface area (TPSA) is 9.23 Å². The second-order valence-electron chi connectivity index (χ2n) is 3.13. The smallest absolute Gasteiger partial charge is 0.120 e. The van der Waals surface area contributed by atoms with E-state index in [1.165, 1.54) is 15.6 Å². The lowest BCUT2D eigenvalue weighted by molar-refractivity contribution is 0.340. The molecule has 0 N–H and O–H groups in total. The van der Waals surface area contributed by atoms with Crippen molar-refractivity contribution < 1.29 is 4.74 Å². The van der Waals surface area contributed by atoms with Gasteiger partial charge in [0.2, 0.25) is 0 Å². The highest BCUT2D eigenvalue weighted by Gasteiger charge is 2.06. The third kappa shape index (κ3) is 1.66. The molecule has 0 saturated heterocycles. The van der Waals surface area contributed by atoms with Gasteiger partial charge in [-0.15, -0.1) is 11.3 Å². The Hall–Kier alpha value is -0.540. The fraction of sp³-hybridized carbons (Fsp3) is 0.273. The number of aryl methyl sites for hydroxylation is 1. The number of halogens is 1.